The molecule has 1 fully saturated rings. The van der Waals surface area contributed by atoms with Gasteiger partial charge >= 0.3 is 0 Å². The highest BCUT2D eigenvalue weighted by molar-refractivity contribution is 7.12. The minimum Gasteiger partial charge on any atom is -0.309 e. The minimum atomic E-state index is 0.804. The highest BCUT2D eigenvalue weighted by Gasteiger charge is 2.20. The summed E-state index contributed by atoms with van der Waals surface area (Å²) >= 11 is 1.98. The zero-order chi connectivity index (χ0) is 15.2. The SMILES string of the molecule is CCC(CC)CN(CC)Cc1cc(CNC2CC2)sc1C. The van der Waals surface area contributed by atoms with Gasteiger partial charge in [0.2, 0.25) is 0 Å². The van der Waals surface area contributed by atoms with Crippen LogP contribution in [-0.2, 0) is 13.1 Å². The van der Waals surface area contributed by atoms with Crippen LogP contribution in [0.3, 0.4) is 0 Å². The van der Waals surface area contributed by atoms with E-state index in [4.69, 9.17) is 0 Å². The summed E-state index contributed by atoms with van der Waals surface area (Å²) in [5.41, 5.74) is 1.54. The number of rotatable bonds is 10. The zero-order valence-corrected chi connectivity index (χ0v) is 15.1. The first-order chi connectivity index (χ1) is 10.2. The van der Waals surface area contributed by atoms with Gasteiger partial charge in [-0.15, -0.1) is 11.3 Å². The third kappa shape index (κ3) is 5.39. The van der Waals surface area contributed by atoms with Crippen LogP contribution in [0.4, 0.5) is 0 Å². The first-order valence-electron chi connectivity index (χ1n) is 8.70. The predicted molar refractivity (Wildman–Crippen MR) is 93.9 cm³/mol. The smallest absolute Gasteiger partial charge is 0.0302 e. The normalized spacial score (nSPS) is 15.3. The fourth-order valence-corrected chi connectivity index (χ4v) is 3.83. The van der Waals surface area contributed by atoms with Crippen molar-refractivity contribution in [3.63, 3.8) is 0 Å². The lowest BCUT2D eigenvalue weighted by Gasteiger charge is -2.25. The molecule has 0 aromatic carbocycles. The molecule has 0 saturated heterocycles. The molecule has 21 heavy (non-hydrogen) atoms. The monoisotopic (exact) mass is 308 g/mol. The summed E-state index contributed by atoms with van der Waals surface area (Å²) in [5, 5.41) is 3.63. The predicted octanol–water partition coefficient (Wildman–Crippen LogP) is 4.57. The lowest BCUT2D eigenvalue weighted by Crippen LogP contribution is -2.28. The summed E-state index contributed by atoms with van der Waals surface area (Å²) in [5.74, 6) is 0.847. The van der Waals surface area contributed by atoms with Crippen LogP contribution in [0.5, 0.6) is 0 Å². The maximum atomic E-state index is 3.63. The molecule has 1 saturated carbocycles. The van der Waals surface area contributed by atoms with Gasteiger partial charge in [-0.2, -0.15) is 0 Å². The van der Waals surface area contributed by atoms with E-state index in [-0.39, 0.29) is 0 Å². The van der Waals surface area contributed by atoms with Gasteiger partial charge < -0.3 is 5.32 Å². The summed E-state index contributed by atoms with van der Waals surface area (Å²) in [7, 11) is 0. The molecule has 1 heterocycles. The molecule has 0 aliphatic heterocycles. The van der Waals surface area contributed by atoms with E-state index < -0.39 is 0 Å². The van der Waals surface area contributed by atoms with Crippen molar-refractivity contribution in [3.05, 3.63) is 21.4 Å². The number of aryl methyl sites for hydroxylation is 1. The summed E-state index contributed by atoms with van der Waals surface area (Å²) in [6.07, 6.45) is 5.34. The molecule has 0 atom stereocenters. The Hall–Kier alpha value is -0.380. The molecule has 0 spiro atoms. The molecule has 1 aliphatic carbocycles. The number of thiophene rings is 1. The van der Waals surface area contributed by atoms with Crippen molar-refractivity contribution in [2.45, 2.75) is 72.5 Å². The Morgan fingerprint density at radius 1 is 1.29 bits per heavy atom. The average Bonchev–Trinajstić information content (AvgIpc) is 3.26. The van der Waals surface area contributed by atoms with E-state index in [2.05, 4.69) is 44.0 Å². The van der Waals surface area contributed by atoms with Crippen molar-refractivity contribution in [2.24, 2.45) is 5.92 Å². The summed E-state index contributed by atoms with van der Waals surface area (Å²) in [6.45, 7) is 13.8. The van der Waals surface area contributed by atoms with Crippen molar-refractivity contribution >= 4 is 11.3 Å². The van der Waals surface area contributed by atoms with E-state index in [0.29, 0.717) is 0 Å². The van der Waals surface area contributed by atoms with Gasteiger partial charge in [-0.1, -0.05) is 33.6 Å². The van der Waals surface area contributed by atoms with Gasteiger partial charge in [0.1, 0.15) is 0 Å². The van der Waals surface area contributed by atoms with Gasteiger partial charge in [-0.05, 0) is 43.9 Å². The Bertz CT molecular complexity index is 419. The van der Waals surface area contributed by atoms with Crippen LogP contribution in [0, 0.1) is 12.8 Å². The van der Waals surface area contributed by atoms with Gasteiger partial charge in [-0.25, -0.2) is 0 Å². The number of hydrogen-bond acceptors (Lipinski definition) is 3. The zero-order valence-electron chi connectivity index (χ0n) is 14.2. The van der Waals surface area contributed by atoms with E-state index in [1.54, 1.807) is 5.56 Å². The maximum Gasteiger partial charge on any atom is 0.0302 e. The Labute approximate surface area is 134 Å². The van der Waals surface area contributed by atoms with Crippen LogP contribution in [0.2, 0.25) is 0 Å². The third-order valence-corrected chi connectivity index (χ3v) is 5.82. The lowest BCUT2D eigenvalue weighted by atomic mass is 10.0. The highest BCUT2D eigenvalue weighted by Crippen LogP contribution is 2.25. The highest BCUT2D eigenvalue weighted by atomic mass is 32.1. The van der Waals surface area contributed by atoms with Crippen LogP contribution in [0.25, 0.3) is 0 Å². The van der Waals surface area contributed by atoms with E-state index in [1.807, 2.05) is 11.3 Å². The van der Waals surface area contributed by atoms with E-state index >= 15 is 0 Å². The molecule has 2 rings (SSSR count). The molecule has 1 aliphatic rings. The molecule has 120 valence electrons. The number of hydrogen-bond donors (Lipinski definition) is 1. The summed E-state index contributed by atoms with van der Waals surface area (Å²) in [6, 6.07) is 3.24. The number of nitrogens with one attached hydrogen (secondary N) is 1. The Balaban J connectivity index is 1.89. The summed E-state index contributed by atoms with van der Waals surface area (Å²) in [4.78, 5) is 5.63. The van der Waals surface area contributed by atoms with Gasteiger partial charge in [0.05, 0.1) is 0 Å². The van der Waals surface area contributed by atoms with Crippen molar-refractivity contribution in [1.82, 2.24) is 10.2 Å². The lowest BCUT2D eigenvalue weighted by molar-refractivity contribution is 0.226. The Kier molecular flexibility index (Phi) is 6.72. The van der Waals surface area contributed by atoms with Crippen molar-refractivity contribution in [3.8, 4) is 0 Å². The van der Waals surface area contributed by atoms with E-state index in [1.165, 1.54) is 42.0 Å². The topological polar surface area (TPSA) is 15.3 Å². The molecule has 0 unspecified atom stereocenters. The molecule has 1 N–H and O–H groups in total. The van der Waals surface area contributed by atoms with Gasteiger partial charge in [-0.3, -0.25) is 4.90 Å². The van der Waals surface area contributed by atoms with Crippen LogP contribution in [0.1, 0.15) is 61.8 Å². The van der Waals surface area contributed by atoms with Crippen molar-refractivity contribution in [1.29, 1.82) is 0 Å². The second kappa shape index (κ2) is 8.30. The molecule has 2 nitrogen and oxygen atoms in total. The molecule has 1 aromatic rings. The Morgan fingerprint density at radius 3 is 2.57 bits per heavy atom. The minimum absolute atomic E-state index is 0.804. The van der Waals surface area contributed by atoms with Crippen LogP contribution < -0.4 is 5.32 Å². The molecule has 0 amide bonds. The molecular formula is C18H32N2S. The van der Waals surface area contributed by atoms with Crippen molar-refractivity contribution < 1.29 is 0 Å². The maximum absolute atomic E-state index is 3.63. The molecule has 0 bridgehead atoms. The van der Waals surface area contributed by atoms with Crippen LogP contribution >= 0.6 is 11.3 Å². The molecule has 1 aromatic heterocycles. The van der Waals surface area contributed by atoms with Gasteiger partial charge in [0.15, 0.2) is 0 Å². The molecule has 3 heteroatoms. The second-order valence-corrected chi connectivity index (χ2v) is 7.80. The average molecular weight is 309 g/mol. The standard InChI is InChI=1S/C18H32N2S/c1-5-15(6-2)12-20(7-3)13-16-10-18(21-14(16)4)11-19-17-8-9-17/h10,15,17,19H,5-9,11-13H2,1-4H3. The van der Waals surface area contributed by atoms with Gasteiger partial charge in [0.25, 0.3) is 0 Å². The third-order valence-electron chi connectivity index (χ3n) is 4.73. The number of nitrogens with zero attached hydrogens (tertiary/aromatic N) is 1. The Morgan fingerprint density at radius 2 is 2.00 bits per heavy atom. The molecular weight excluding hydrogens is 276 g/mol. The van der Waals surface area contributed by atoms with Crippen molar-refractivity contribution in [2.75, 3.05) is 13.1 Å². The quantitative estimate of drug-likeness (QED) is 0.681. The molecule has 0 radical (unpaired) electrons. The van der Waals surface area contributed by atoms with Gasteiger partial charge in [0, 0.05) is 35.4 Å². The fraction of sp³-hybridized carbons (Fsp3) is 0.778. The largest absolute Gasteiger partial charge is 0.309 e. The first-order valence-corrected chi connectivity index (χ1v) is 9.51. The van der Waals surface area contributed by atoms with Crippen LogP contribution in [0.15, 0.2) is 6.07 Å². The summed E-state index contributed by atoms with van der Waals surface area (Å²) < 4.78 is 0. The van der Waals surface area contributed by atoms with E-state index in [9.17, 15) is 0 Å². The first kappa shape index (κ1) is 17.0. The fourth-order valence-electron chi connectivity index (χ4n) is 2.82. The second-order valence-electron chi connectivity index (χ2n) is 6.46. The van der Waals surface area contributed by atoms with E-state index in [0.717, 1.165) is 31.6 Å². The van der Waals surface area contributed by atoms with Crippen LogP contribution in [-0.4, -0.2) is 24.0 Å².